The molecule has 2 N–H and O–H groups in total. The van der Waals surface area contributed by atoms with E-state index < -0.39 is 5.97 Å². The summed E-state index contributed by atoms with van der Waals surface area (Å²) in [6.07, 6.45) is 0.197. The van der Waals surface area contributed by atoms with E-state index in [2.05, 4.69) is 5.32 Å². The summed E-state index contributed by atoms with van der Waals surface area (Å²) >= 11 is 1.56. The van der Waals surface area contributed by atoms with E-state index >= 15 is 0 Å². The second kappa shape index (κ2) is 8.62. The monoisotopic (exact) mass is 373 g/mol. The van der Waals surface area contributed by atoms with Gasteiger partial charge in [-0.15, -0.1) is 11.8 Å². The number of aliphatic carboxylic acids is 1. The van der Waals surface area contributed by atoms with Gasteiger partial charge in [0, 0.05) is 22.8 Å². The fraction of sp³-hybridized carbons (Fsp3) is 0.263. The highest BCUT2D eigenvalue weighted by molar-refractivity contribution is 7.99. The van der Waals surface area contributed by atoms with Crippen molar-refractivity contribution in [3.63, 3.8) is 0 Å². The van der Waals surface area contributed by atoms with Gasteiger partial charge in [0.1, 0.15) is 13.2 Å². The number of thioether (sulfide) groups is 1. The van der Waals surface area contributed by atoms with Crippen LogP contribution in [0, 0.1) is 0 Å². The Morgan fingerprint density at radius 1 is 1.08 bits per heavy atom. The van der Waals surface area contributed by atoms with Crippen LogP contribution in [-0.4, -0.2) is 35.9 Å². The van der Waals surface area contributed by atoms with E-state index in [4.69, 9.17) is 14.6 Å². The Bertz CT molecular complexity index is 808. The first-order chi connectivity index (χ1) is 12.6. The maximum absolute atomic E-state index is 12.2. The first-order valence-electron chi connectivity index (χ1n) is 8.24. The highest BCUT2D eigenvalue weighted by Crippen LogP contribution is 2.34. The van der Waals surface area contributed by atoms with Crippen molar-refractivity contribution in [2.75, 3.05) is 24.3 Å². The normalized spacial score (nSPS) is 12.5. The molecule has 136 valence electrons. The van der Waals surface area contributed by atoms with Crippen molar-refractivity contribution in [1.29, 1.82) is 0 Å². The first-order valence-corrected chi connectivity index (χ1v) is 9.22. The molecule has 1 heterocycles. The lowest BCUT2D eigenvalue weighted by Gasteiger charge is -2.18. The smallest absolute Gasteiger partial charge is 0.307 e. The minimum Gasteiger partial charge on any atom is -0.486 e. The summed E-state index contributed by atoms with van der Waals surface area (Å²) in [7, 11) is 0. The van der Waals surface area contributed by atoms with Crippen molar-refractivity contribution < 1.29 is 24.2 Å². The third-order valence-corrected chi connectivity index (χ3v) is 4.74. The highest BCUT2D eigenvalue weighted by atomic mass is 32.2. The zero-order valence-corrected chi connectivity index (χ0v) is 14.9. The van der Waals surface area contributed by atoms with E-state index in [-0.39, 0.29) is 12.3 Å². The number of carboxylic acid groups (broad SMARTS) is 1. The molecule has 0 fully saturated rings. The second-order valence-electron chi connectivity index (χ2n) is 5.68. The molecule has 1 aliphatic rings. The van der Waals surface area contributed by atoms with Gasteiger partial charge in [-0.05, 0) is 29.8 Å². The van der Waals surface area contributed by atoms with Gasteiger partial charge in [-0.1, -0.05) is 18.2 Å². The molecular weight excluding hydrogens is 354 g/mol. The van der Waals surface area contributed by atoms with Gasteiger partial charge in [0.25, 0.3) is 0 Å². The summed E-state index contributed by atoms with van der Waals surface area (Å²) in [6.45, 7) is 1.10. The summed E-state index contributed by atoms with van der Waals surface area (Å²) in [5.74, 6) is 1.00. The second-order valence-corrected chi connectivity index (χ2v) is 6.85. The van der Waals surface area contributed by atoms with Gasteiger partial charge in [-0.3, -0.25) is 9.59 Å². The number of para-hydroxylation sites is 1. The quantitative estimate of drug-likeness (QED) is 0.725. The summed E-state index contributed by atoms with van der Waals surface area (Å²) in [5.41, 5.74) is 1.14. The van der Waals surface area contributed by atoms with Crippen LogP contribution in [-0.2, 0) is 16.0 Å². The molecule has 2 aromatic carbocycles. The molecule has 1 aliphatic heterocycles. The fourth-order valence-corrected chi connectivity index (χ4v) is 3.42. The number of ether oxygens (including phenoxy) is 2. The van der Waals surface area contributed by atoms with Gasteiger partial charge >= 0.3 is 5.97 Å². The van der Waals surface area contributed by atoms with Crippen LogP contribution in [0.3, 0.4) is 0 Å². The van der Waals surface area contributed by atoms with Gasteiger partial charge in [-0.2, -0.15) is 0 Å². The summed E-state index contributed by atoms with van der Waals surface area (Å²) in [5, 5.41) is 11.7. The lowest BCUT2D eigenvalue weighted by molar-refractivity contribution is -0.136. The predicted molar refractivity (Wildman–Crippen MR) is 99.2 cm³/mol. The van der Waals surface area contributed by atoms with E-state index in [0.29, 0.717) is 36.6 Å². The van der Waals surface area contributed by atoms with Gasteiger partial charge in [0.05, 0.1) is 6.42 Å². The Labute approximate surface area is 155 Å². The molecule has 0 atom stereocenters. The Morgan fingerprint density at radius 3 is 2.65 bits per heavy atom. The van der Waals surface area contributed by atoms with Crippen LogP contribution in [0.5, 0.6) is 11.5 Å². The number of carboxylic acids is 1. The Morgan fingerprint density at radius 2 is 1.85 bits per heavy atom. The van der Waals surface area contributed by atoms with Crippen molar-refractivity contribution >= 4 is 29.3 Å². The zero-order chi connectivity index (χ0) is 18.4. The zero-order valence-electron chi connectivity index (χ0n) is 14.1. The lowest BCUT2D eigenvalue weighted by Crippen LogP contribution is -2.15. The largest absolute Gasteiger partial charge is 0.486 e. The number of anilines is 1. The van der Waals surface area contributed by atoms with E-state index in [1.54, 1.807) is 36.0 Å². The van der Waals surface area contributed by atoms with Gasteiger partial charge in [0.2, 0.25) is 5.91 Å². The number of nitrogens with one attached hydrogen (secondary N) is 1. The number of amides is 1. The SMILES string of the molecule is O=C(O)Cc1ccccc1NC(=O)CCSc1ccc2c(c1)OCCO2. The number of carbonyl (C=O) groups excluding carboxylic acids is 1. The predicted octanol–water partition coefficient (Wildman–Crippen LogP) is 3.21. The number of carbonyl (C=O) groups is 2. The molecule has 3 rings (SSSR count). The molecule has 0 unspecified atom stereocenters. The van der Waals surface area contributed by atoms with Gasteiger partial charge < -0.3 is 19.9 Å². The Balaban J connectivity index is 1.51. The standard InChI is InChI=1S/C19H19NO5S/c21-18(20-15-4-2-1-3-13(15)11-19(22)23)7-10-26-14-5-6-16-17(12-14)25-9-8-24-16/h1-6,12H,7-11H2,(H,20,21)(H,22,23). The van der Waals surface area contributed by atoms with Crippen molar-refractivity contribution in [2.24, 2.45) is 0 Å². The maximum Gasteiger partial charge on any atom is 0.307 e. The van der Waals surface area contributed by atoms with Crippen LogP contribution in [0.4, 0.5) is 5.69 Å². The third kappa shape index (κ3) is 4.92. The molecule has 6 nitrogen and oxygen atoms in total. The van der Waals surface area contributed by atoms with Crippen LogP contribution in [0.15, 0.2) is 47.4 Å². The van der Waals surface area contributed by atoms with E-state index in [0.717, 1.165) is 16.4 Å². The van der Waals surface area contributed by atoms with Crippen LogP contribution < -0.4 is 14.8 Å². The minimum atomic E-state index is -0.930. The lowest BCUT2D eigenvalue weighted by atomic mass is 10.1. The average Bonchev–Trinajstić information content (AvgIpc) is 2.63. The maximum atomic E-state index is 12.2. The van der Waals surface area contributed by atoms with E-state index in [9.17, 15) is 9.59 Å². The number of fused-ring (bicyclic) bond motifs is 1. The average molecular weight is 373 g/mol. The first kappa shape index (κ1) is 18.1. The molecule has 0 saturated heterocycles. The molecule has 0 radical (unpaired) electrons. The Hall–Kier alpha value is -2.67. The number of hydrogen-bond acceptors (Lipinski definition) is 5. The third-order valence-electron chi connectivity index (χ3n) is 3.74. The molecule has 0 aromatic heterocycles. The van der Waals surface area contributed by atoms with Crippen LogP contribution >= 0.6 is 11.8 Å². The molecule has 1 amide bonds. The molecule has 0 bridgehead atoms. The summed E-state index contributed by atoms with van der Waals surface area (Å²) in [6, 6.07) is 12.7. The Kier molecular flexibility index (Phi) is 6.01. The van der Waals surface area contributed by atoms with Gasteiger partial charge in [-0.25, -0.2) is 0 Å². The molecule has 0 spiro atoms. The molecule has 0 saturated carbocycles. The molecule has 2 aromatic rings. The van der Waals surface area contributed by atoms with Crippen LogP contribution in [0.2, 0.25) is 0 Å². The summed E-state index contributed by atoms with van der Waals surface area (Å²) in [4.78, 5) is 24.1. The van der Waals surface area contributed by atoms with E-state index in [1.807, 2.05) is 18.2 Å². The highest BCUT2D eigenvalue weighted by Gasteiger charge is 2.13. The number of rotatable bonds is 7. The molecule has 7 heteroatoms. The van der Waals surface area contributed by atoms with Crippen LogP contribution in [0.25, 0.3) is 0 Å². The topological polar surface area (TPSA) is 84.9 Å². The van der Waals surface area contributed by atoms with E-state index in [1.165, 1.54) is 0 Å². The fourth-order valence-electron chi connectivity index (χ4n) is 2.55. The molecule has 0 aliphatic carbocycles. The summed E-state index contributed by atoms with van der Waals surface area (Å²) < 4.78 is 11.0. The van der Waals surface area contributed by atoms with Crippen molar-refractivity contribution in [2.45, 2.75) is 17.7 Å². The molecule has 26 heavy (non-hydrogen) atoms. The van der Waals surface area contributed by atoms with Crippen molar-refractivity contribution in [3.05, 3.63) is 48.0 Å². The minimum absolute atomic E-state index is 0.123. The van der Waals surface area contributed by atoms with Crippen LogP contribution in [0.1, 0.15) is 12.0 Å². The number of benzene rings is 2. The van der Waals surface area contributed by atoms with Crippen molar-refractivity contribution in [3.8, 4) is 11.5 Å². The van der Waals surface area contributed by atoms with Gasteiger partial charge in [0.15, 0.2) is 11.5 Å². The number of hydrogen-bond donors (Lipinski definition) is 2. The van der Waals surface area contributed by atoms with Crippen molar-refractivity contribution in [1.82, 2.24) is 0 Å². The molecular formula is C19H19NO5S.